The van der Waals surface area contributed by atoms with Crippen LogP contribution in [0.3, 0.4) is 0 Å². The van der Waals surface area contributed by atoms with Crippen molar-refractivity contribution >= 4 is 23.3 Å². The summed E-state index contributed by atoms with van der Waals surface area (Å²) in [7, 11) is 0. The number of anilines is 1. The van der Waals surface area contributed by atoms with E-state index < -0.39 is 22.6 Å². The largest absolute Gasteiger partial charge is 0.467 e. The molecule has 0 bridgehead atoms. The molecule has 1 amide bonds. The second kappa shape index (κ2) is 8.07. The molecule has 0 unspecified atom stereocenters. The third-order valence-electron chi connectivity index (χ3n) is 4.95. The van der Waals surface area contributed by atoms with E-state index in [1.807, 2.05) is 0 Å². The number of carbonyl (C=O) groups is 2. The quantitative estimate of drug-likeness (QED) is 0.419. The minimum Gasteiger partial charge on any atom is -0.467 e. The van der Waals surface area contributed by atoms with E-state index in [0.717, 1.165) is 0 Å². The SMILES string of the molecule is O=C(OCc1cc([N+](=O)[O-])cc2c1OCOC2)[C@@H]1CC(=O)N(c2ccccc2F)C1. The van der Waals surface area contributed by atoms with Crippen LogP contribution in [0.5, 0.6) is 5.75 Å². The Balaban J connectivity index is 1.47. The number of nitrogens with zero attached hydrogens (tertiary/aromatic N) is 2. The molecule has 0 N–H and O–H groups in total. The topological polar surface area (TPSA) is 108 Å². The van der Waals surface area contributed by atoms with E-state index in [1.54, 1.807) is 6.07 Å². The Morgan fingerprint density at radius 2 is 2.13 bits per heavy atom. The molecule has 2 aromatic rings. The maximum absolute atomic E-state index is 14.0. The summed E-state index contributed by atoms with van der Waals surface area (Å²) in [4.78, 5) is 36.6. The van der Waals surface area contributed by atoms with Gasteiger partial charge in [0, 0.05) is 36.2 Å². The number of fused-ring (bicyclic) bond motifs is 1. The van der Waals surface area contributed by atoms with Gasteiger partial charge < -0.3 is 19.1 Å². The normalized spacial score (nSPS) is 18.0. The van der Waals surface area contributed by atoms with Gasteiger partial charge in [-0.25, -0.2) is 4.39 Å². The lowest BCUT2D eigenvalue weighted by atomic mass is 10.1. The fraction of sp³-hybridized carbons (Fsp3) is 0.300. The van der Waals surface area contributed by atoms with Crippen molar-refractivity contribution in [3.8, 4) is 5.75 Å². The van der Waals surface area contributed by atoms with Crippen LogP contribution in [0.4, 0.5) is 15.8 Å². The molecule has 1 saturated heterocycles. The van der Waals surface area contributed by atoms with Gasteiger partial charge in [-0.3, -0.25) is 19.7 Å². The molecule has 0 radical (unpaired) electrons. The van der Waals surface area contributed by atoms with E-state index in [-0.39, 0.29) is 50.3 Å². The summed E-state index contributed by atoms with van der Waals surface area (Å²) in [5.41, 5.74) is 0.768. The molecule has 1 atom stereocenters. The van der Waals surface area contributed by atoms with Gasteiger partial charge in [-0.2, -0.15) is 0 Å². The fourth-order valence-corrected chi connectivity index (χ4v) is 3.53. The summed E-state index contributed by atoms with van der Waals surface area (Å²) >= 11 is 0. The molecule has 156 valence electrons. The Hall–Kier alpha value is -3.53. The van der Waals surface area contributed by atoms with Gasteiger partial charge in [0.1, 0.15) is 18.2 Å². The zero-order chi connectivity index (χ0) is 21.3. The lowest BCUT2D eigenvalue weighted by Gasteiger charge is -2.21. The van der Waals surface area contributed by atoms with Crippen LogP contribution in [0.25, 0.3) is 0 Å². The van der Waals surface area contributed by atoms with Crippen LogP contribution in [0.15, 0.2) is 36.4 Å². The highest BCUT2D eigenvalue weighted by Crippen LogP contribution is 2.34. The van der Waals surface area contributed by atoms with Gasteiger partial charge >= 0.3 is 5.97 Å². The molecule has 1 fully saturated rings. The molecular weight excluding hydrogens is 399 g/mol. The number of rotatable bonds is 5. The Kier molecular flexibility index (Phi) is 5.32. The lowest BCUT2D eigenvalue weighted by Crippen LogP contribution is -2.27. The number of esters is 1. The highest BCUT2D eigenvalue weighted by Gasteiger charge is 2.37. The van der Waals surface area contributed by atoms with Crippen molar-refractivity contribution in [1.29, 1.82) is 0 Å². The van der Waals surface area contributed by atoms with Gasteiger partial charge in [-0.15, -0.1) is 0 Å². The molecule has 0 aromatic heterocycles. The van der Waals surface area contributed by atoms with Crippen LogP contribution in [0, 0.1) is 21.8 Å². The van der Waals surface area contributed by atoms with Crippen LogP contribution >= 0.6 is 0 Å². The fourth-order valence-electron chi connectivity index (χ4n) is 3.53. The monoisotopic (exact) mass is 416 g/mol. The first-order valence-corrected chi connectivity index (χ1v) is 9.16. The smallest absolute Gasteiger partial charge is 0.311 e. The van der Waals surface area contributed by atoms with Crippen LogP contribution in [-0.2, 0) is 32.3 Å². The molecular formula is C20H17FN2O7. The van der Waals surface area contributed by atoms with Crippen molar-refractivity contribution in [3.05, 3.63) is 63.5 Å². The van der Waals surface area contributed by atoms with Crippen LogP contribution in [-0.4, -0.2) is 30.1 Å². The van der Waals surface area contributed by atoms with Crippen LogP contribution in [0.1, 0.15) is 17.5 Å². The first kappa shape index (κ1) is 19.8. The van der Waals surface area contributed by atoms with Crippen LogP contribution < -0.4 is 9.64 Å². The summed E-state index contributed by atoms with van der Waals surface area (Å²) in [6, 6.07) is 8.45. The molecule has 0 saturated carbocycles. The summed E-state index contributed by atoms with van der Waals surface area (Å²) in [6.07, 6.45) is -0.107. The Bertz CT molecular complexity index is 1030. The summed E-state index contributed by atoms with van der Waals surface area (Å²) in [5, 5.41) is 11.2. The number of halogens is 1. The molecule has 10 heteroatoms. The number of hydrogen-bond acceptors (Lipinski definition) is 7. The Labute approximate surface area is 170 Å². The first-order chi connectivity index (χ1) is 14.4. The van der Waals surface area contributed by atoms with Gasteiger partial charge in [0.15, 0.2) is 6.79 Å². The van der Waals surface area contributed by atoms with E-state index in [4.69, 9.17) is 14.2 Å². The zero-order valence-corrected chi connectivity index (χ0v) is 15.7. The maximum Gasteiger partial charge on any atom is 0.311 e. The molecule has 2 aliphatic rings. The number of nitro groups is 1. The first-order valence-electron chi connectivity index (χ1n) is 9.16. The third kappa shape index (κ3) is 3.81. The maximum atomic E-state index is 14.0. The summed E-state index contributed by atoms with van der Waals surface area (Å²) < 4.78 is 29.9. The molecule has 2 heterocycles. The van der Waals surface area contributed by atoms with Crippen LogP contribution in [0.2, 0.25) is 0 Å². The predicted octanol–water partition coefficient (Wildman–Crippen LogP) is 2.70. The Morgan fingerprint density at radius 1 is 1.33 bits per heavy atom. The lowest BCUT2D eigenvalue weighted by molar-refractivity contribution is -0.385. The average molecular weight is 416 g/mol. The van der Waals surface area contributed by atoms with Crippen molar-refractivity contribution in [1.82, 2.24) is 0 Å². The number of nitro benzene ring substituents is 1. The molecule has 4 rings (SSSR count). The molecule has 2 aliphatic heterocycles. The van der Waals surface area contributed by atoms with Gasteiger partial charge in [-0.1, -0.05) is 12.1 Å². The van der Waals surface area contributed by atoms with Gasteiger partial charge in [-0.05, 0) is 12.1 Å². The molecule has 2 aromatic carbocycles. The highest BCUT2D eigenvalue weighted by atomic mass is 19.1. The van der Waals surface area contributed by atoms with Gasteiger partial charge in [0.05, 0.1) is 23.1 Å². The number of carbonyl (C=O) groups excluding carboxylic acids is 2. The number of ether oxygens (including phenoxy) is 3. The number of benzene rings is 2. The molecule has 30 heavy (non-hydrogen) atoms. The molecule has 0 aliphatic carbocycles. The van der Waals surface area contributed by atoms with Crippen molar-refractivity contribution < 1.29 is 33.1 Å². The second-order valence-electron chi connectivity index (χ2n) is 6.93. The molecule has 0 spiro atoms. The standard InChI is InChI=1S/C20H17FN2O7/c21-16-3-1-2-4-17(16)22-8-12(7-18(22)24)20(25)29-10-14-6-15(23(26)27)5-13-9-28-11-30-19(13)14/h1-6,12H,7-11H2/t12-/m1/s1. The Morgan fingerprint density at radius 3 is 2.90 bits per heavy atom. The number of hydrogen-bond donors (Lipinski definition) is 0. The highest BCUT2D eigenvalue weighted by molar-refractivity contribution is 5.99. The number of para-hydroxylation sites is 1. The zero-order valence-electron chi connectivity index (χ0n) is 15.7. The minimum absolute atomic E-state index is 0.00398. The average Bonchev–Trinajstić information content (AvgIpc) is 3.13. The van der Waals surface area contributed by atoms with Crippen molar-refractivity contribution in [2.24, 2.45) is 5.92 Å². The summed E-state index contributed by atoms with van der Waals surface area (Å²) in [6.45, 7) is -0.129. The third-order valence-corrected chi connectivity index (χ3v) is 4.95. The van der Waals surface area contributed by atoms with Gasteiger partial charge in [0.25, 0.3) is 5.69 Å². The van der Waals surface area contributed by atoms with E-state index in [2.05, 4.69) is 0 Å². The van der Waals surface area contributed by atoms with Crippen molar-refractivity contribution in [3.63, 3.8) is 0 Å². The number of non-ortho nitro benzene ring substituents is 1. The van der Waals surface area contributed by atoms with Crippen molar-refractivity contribution in [2.45, 2.75) is 19.6 Å². The minimum atomic E-state index is -0.768. The van der Waals surface area contributed by atoms with Crippen molar-refractivity contribution in [2.75, 3.05) is 18.2 Å². The summed E-state index contributed by atoms with van der Waals surface area (Å²) in [5.74, 6) is -1.96. The van der Waals surface area contributed by atoms with E-state index in [0.29, 0.717) is 16.9 Å². The number of amides is 1. The van der Waals surface area contributed by atoms with E-state index in [1.165, 1.54) is 35.2 Å². The van der Waals surface area contributed by atoms with E-state index >= 15 is 0 Å². The molecule has 9 nitrogen and oxygen atoms in total. The predicted molar refractivity (Wildman–Crippen MR) is 100 cm³/mol. The van der Waals surface area contributed by atoms with Gasteiger partial charge in [0.2, 0.25) is 5.91 Å². The van der Waals surface area contributed by atoms with E-state index in [9.17, 15) is 24.1 Å². The second-order valence-corrected chi connectivity index (χ2v) is 6.93.